The molecule has 2 aromatic carbocycles. The maximum absolute atomic E-state index is 6.02. The average molecular weight is 315 g/mol. The summed E-state index contributed by atoms with van der Waals surface area (Å²) in [6.45, 7) is 2.63. The van der Waals surface area contributed by atoms with Crippen LogP contribution in [0.5, 0.6) is 17.2 Å². The molecule has 0 saturated heterocycles. The molecule has 0 fully saturated rings. The fourth-order valence-electron chi connectivity index (χ4n) is 2.68. The summed E-state index contributed by atoms with van der Waals surface area (Å²) in [4.78, 5) is 0. The average Bonchev–Trinajstić information content (AvgIpc) is 2.59. The molecule has 0 aliphatic rings. The molecule has 2 aromatic rings. The van der Waals surface area contributed by atoms with E-state index in [4.69, 9.17) is 19.9 Å². The molecule has 0 spiro atoms. The van der Waals surface area contributed by atoms with E-state index in [0.717, 1.165) is 12.0 Å². The zero-order chi connectivity index (χ0) is 16.8. The van der Waals surface area contributed by atoms with Crippen molar-refractivity contribution in [1.29, 1.82) is 0 Å². The fraction of sp³-hybridized carbons (Fsp3) is 0.368. The van der Waals surface area contributed by atoms with Crippen molar-refractivity contribution in [3.05, 3.63) is 53.1 Å². The van der Waals surface area contributed by atoms with Crippen LogP contribution in [0.1, 0.15) is 22.6 Å². The first-order valence-electron chi connectivity index (χ1n) is 7.68. The largest absolute Gasteiger partial charge is 0.493 e. The number of ether oxygens (including phenoxy) is 3. The van der Waals surface area contributed by atoms with Crippen molar-refractivity contribution in [2.24, 2.45) is 5.73 Å². The highest BCUT2D eigenvalue weighted by Gasteiger charge is 2.18. The Balaban J connectivity index is 2.35. The topological polar surface area (TPSA) is 53.7 Å². The molecule has 0 aliphatic carbocycles. The number of hydrogen-bond acceptors (Lipinski definition) is 4. The van der Waals surface area contributed by atoms with Crippen molar-refractivity contribution < 1.29 is 14.2 Å². The van der Waals surface area contributed by atoms with Gasteiger partial charge in [-0.15, -0.1) is 0 Å². The van der Waals surface area contributed by atoms with Crippen LogP contribution in [0.15, 0.2) is 36.4 Å². The maximum atomic E-state index is 6.02. The Morgan fingerprint density at radius 3 is 1.91 bits per heavy atom. The normalized spacial score (nSPS) is 11.9. The second-order valence-corrected chi connectivity index (χ2v) is 5.58. The van der Waals surface area contributed by atoms with E-state index in [9.17, 15) is 0 Å². The molecule has 0 bridgehead atoms. The number of benzene rings is 2. The number of methoxy groups -OCH3 is 3. The molecule has 0 amide bonds. The molecule has 0 aliphatic heterocycles. The van der Waals surface area contributed by atoms with Gasteiger partial charge in [-0.2, -0.15) is 0 Å². The number of aryl methyl sites for hydroxylation is 1. The molecule has 23 heavy (non-hydrogen) atoms. The van der Waals surface area contributed by atoms with Gasteiger partial charge in [0.15, 0.2) is 11.5 Å². The smallest absolute Gasteiger partial charge is 0.203 e. The molecule has 0 aromatic heterocycles. The van der Waals surface area contributed by atoms with Crippen molar-refractivity contribution >= 4 is 0 Å². The lowest BCUT2D eigenvalue weighted by molar-refractivity contribution is 0.323. The van der Waals surface area contributed by atoms with Crippen LogP contribution >= 0.6 is 0 Å². The molecule has 2 rings (SSSR count). The van der Waals surface area contributed by atoms with Gasteiger partial charge in [-0.25, -0.2) is 0 Å². The van der Waals surface area contributed by atoms with Crippen molar-refractivity contribution in [2.45, 2.75) is 19.3 Å². The van der Waals surface area contributed by atoms with Crippen LogP contribution in [-0.2, 0) is 6.42 Å². The lowest BCUT2D eigenvalue weighted by Crippen LogP contribution is -2.15. The third-order valence-corrected chi connectivity index (χ3v) is 4.05. The second kappa shape index (κ2) is 7.88. The predicted molar refractivity (Wildman–Crippen MR) is 92.8 cm³/mol. The summed E-state index contributed by atoms with van der Waals surface area (Å²) in [5.41, 5.74) is 9.63. The first-order valence-corrected chi connectivity index (χ1v) is 7.68. The quantitative estimate of drug-likeness (QED) is 0.852. The maximum Gasteiger partial charge on any atom is 0.203 e. The van der Waals surface area contributed by atoms with Crippen LogP contribution in [0.4, 0.5) is 0 Å². The summed E-state index contributed by atoms with van der Waals surface area (Å²) in [5.74, 6) is 2.10. The molecule has 1 atom stereocenters. The van der Waals surface area contributed by atoms with Crippen LogP contribution in [-0.4, -0.2) is 27.9 Å². The van der Waals surface area contributed by atoms with Gasteiger partial charge in [0, 0.05) is 5.92 Å². The minimum absolute atomic E-state index is 0.186. The summed E-state index contributed by atoms with van der Waals surface area (Å²) < 4.78 is 16.2. The van der Waals surface area contributed by atoms with Crippen LogP contribution < -0.4 is 19.9 Å². The highest BCUT2D eigenvalue weighted by atomic mass is 16.5. The molecule has 0 saturated carbocycles. The van der Waals surface area contributed by atoms with Crippen molar-refractivity contribution in [1.82, 2.24) is 0 Å². The zero-order valence-electron chi connectivity index (χ0n) is 14.3. The third-order valence-electron chi connectivity index (χ3n) is 4.05. The predicted octanol–water partition coefficient (Wildman–Crippen LogP) is 3.31. The standard InChI is InChI=1S/C19H25NO3/c1-13-5-7-14(8-6-13)9-16(12-20)15-10-17(21-2)19(23-4)18(11-15)22-3/h5-8,10-11,16H,9,12,20H2,1-4H3. The van der Waals surface area contributed by atoms with E-state index in [-0.39, 0.29) is 5.92 Å². The van der Waals surface area contributed by atoms with Gasteiger partial charge in [0.25, 0.3) is 0 Å². The van der Waals surface area contributed by atoms with Gasteiger partial charge in [0.2, 0.25) is 5.75 Å². The van der Waals surface area contributed by atoms with E-state index in [1.165, 1.54) is 11.1 Å². The van der Waals surface area contributed by atoms with E-state index in [0.29, 0.717) is 23.8 Å². The van der Waals surface area contributed by atoms with E-state index < -0.39 is 0 Å². The van der Waals surface area contributed by atoms with E-state index >= 15 is 0 Å². The summed E-state index contributed by atoms with van der Waals surface area (Å²) in [6.07, 6.45) is 0.870. The van der Waals surface area contributed by atoms with Gasteiger partial charge in [-0.05, 0) is 43.1 Å². The molecule has 4 heteroatoms. The van der Waals surface area contributed by atoms with Gasteiger partial charge < -0.3 is 19.9 Å². The Morgan fingerprint density at radius 2 is 1.48 bits per heavy atom. The van der Waals surface area contributed by atoms with Gasteiger partial charge in [-0.1, -0.05) is 29.8 Å². The fourth-order valence-corrected chi connectivity index (χ4v) is 2.68. The van der Waals surface area contributed by atoms with Crippen molar-refractivity contribution in [3.8, 4) is 17.2 Å². The van der Waals surface area contributed by atoms with Crippen LogP contribution in [0.25, 0.3) is 0 Å². The summed E-state index contributed by atoms with van der Waals surface area (Å²) in [7, 11) is 4.85. The van der Waals surface area contributed by atoms with Gasteiger partial charge in [-0.3, -0.25) is 0 Å². The van der Waals surface area contributed by atoms with Crippen LogP contribution in [0, 0.1) is 6.92 Å². The van der Waals surface area contributed by atoms with Crippen LogP contribution in [0.2, 0.25) is 0 Å². The molecule has 124 valence electrons. The lowest BCUT2D eigenvalue weighted by atomic mass is 9.91. The number of rotatable bonds is 7. The zero-order valence-corrected chi connectivity index (χ0v) is 14.3. The summed E-state index contributed by atoms with van der Waals surface area (Å²) >= 11 is 0. The number of nitrogens with two attached hydrogens (primary N) is 1. The number of hydrogen-bond donors (Lipinski definition) is 1. The Morgan fingerprint density at radius 1 is 0.913 bits per heavy atom. The highest BCUT2D eigenvalue weighted by Crippen LogP contribution is 2.40. The minimum atomic E-state index is 0.186. The summed E-state index contributed by atoms with van der Waals surface area (Å²) in [6, 6.07) is 12.5. The third kappa shape index (κ3) is 3.96. The Hall–Kier alpha value is -2.20. The van der Waals surface area contributed by atoms with Gasteiger partial charge >= 0.3 is 0 Å². The van der Waals surface area contributed by atoms with Crippen LogP contribution in [0.3, 0.4) is 0 Å². The first-order chi connectivity index (χ1) is 11.1. The molecule has 2 N–H and O–H groups in total. The monoisotopic (exact) mass is 315 g/mol. The van der Waals surface area contributed by atoms with E-state index in [2.05, 4.69) is 31.2 Å². The molecule has 0 heterocycles. The van der Waals surface area contributed by atoms with Crippen molar-refractivity contribution in [3.63, 3.8) is 0 Å². The van der Waals surface area contributed by atoms with E-state index in [1.807, 2.05) is 12.1 Å². The Kier molecular flexibility index (Phi) is 5.88. The molecule has 0 radical (unpaired) electrons. The summed E-state index contributed by atoms with van der Waals surface area (Å²) in [5, 5.41) is 0. The van der Waals surface area contributed by atoms with Crippen molar-refractivity contribution in [2.75, 3.05) is 27.9 Å². The van der Waals surface area contributed by atoms with Gasteiger partial charge in [0.05, 0.1) is 21.3 Å². The highest BCUT2D eigenvalue weighted by molar-refractivity contribution is 5.54. The SMILES string of the molecule is COc1cc(C(CN)Cc2ccc(C)cc2)cc(OC)c1OC. The Labute approximate surface area is 138 Å². The molecular weight excluding hydrogens is 290 g/mol. The van der Waals surface area contributed by atoms with Gasteiger partial charge in [0.1, 0.15) is 0 Å². The lowest BCUT2D eigenvalue weighted by Gasteiger charge is -2.19. The second-order valence-electron chi connectivity index (χ2n) is 5.58. The molecule has 4 nitrogen and oxygen atoms in total. The molecule has 1 unspecified atom stereocenters. The first kappa shape index (κ1) is 17.2. The molecular formula is C19H25NO3. The Bertz CT molecular complexity index is 613. The minimum Gasteiger partial charge on any atom is -0.493 e. The van der Waals surface area contributed by atoms with E-state index in [1.54, 1.807) is 21.3 Å².